The molecule has 0 radical (unpaired) electrons. The third-order valence-electron chi connectivity index (χ3n) is 3.54. The van der Waals surface area contributed by atoms with Crippen molar-refractivity contribution >= 4 is 51.9 Å². The summed E-state index contributed by atoms with van der Waals surface area (Å²) >= 11 is 6.55. The van der Waals surface area contributed by atoms with Gasteiger partial charge in [0.2, 0.25) is 0 Å². The van der Waals surface area contributed by atoms with Gasteiger partial charge in [-0.15, -0.1) is 0 Å². The lowest BCUT2D eigenvalue weighted by Crippen LogP contribution is -2.27. The molecule has 3 rings (SSSR count). The first-order chi connectivity index (χ1) is 11.5. The Hall–Kier alpha value is -2.44. The second-order valence-electron chi connectivity index (χ2n) is 5.28. The van der Waals surface area contributed by atoms with Gasteiger partial charge >= 0.3 is 5.97 Å². The second kappa shape index (κ2) is 6.59. The van der Waals surface area contributed by atoms with Gasteiger partial charge in [-0.3, -0.25) is 9.69 Å². The van der Waals surface area contributed by atoms with Crippen molar-refractivity contribution in [1.82, 2.24) is 0 Å². The SMILES string of the molecule is Cc1ccc(/C=C2/SC(=S)N(c3ccc(C(=O)O)cc3)C2=O)cc1. The molecule has 0 unspecified atom stereocenters. The Morgan fingerprint density at radius 1 is 1.12 bits per heavy atom. The molecule has 120 valence electrons. The molecule has 1 aliphatic heterocycles. The standard InChI is InChI=1S/C18H13NO3S2/c1-11-2-4-12(5-3-11)10-15-16(20)19(18(23)24-15)14-8-6-13(7-9-14)17(21)22/h2-10H,1H3,(H,21,22)/b15-10+. The van der Waals surface area contributed by atoms with Crippen molar-refractivity contribution in [1.29, 1.82) is 0 Å². The Morgan fingerprint density at radius 3 is 2.33 bits per heavy atom. The van der Waals surface area contributed by atoms with Gasteiger partial charge in [0.1, 0.15) is 0 Å². The highest BCUT2D eigenvalue weighted by Crippen LogP contribution is 2.36. The maximum Gasteiger partial charge on any atom is 0.335 e. The lowest BCUT2D eigenvalue weighted by Gasteiger charge is -2.14. The zero-order valence-corrected chi connectivity index (χ0v) is 14.4. The third-order valence-corrected chi connectivity index (χ3v) is 4.84. The fourth-order valence-corrected chi connectivity index (χ4v) is 3.56. The quantitative estimate of drug-likeness (QED) is 0.663. The van der Waals surface area contributed by atoms with Gasteiger partial charge in [-0.05, 0) is 42.8 Å². The molecule has 0 aromatic heterocycles. The summed E-state index contributed by atoms with van der Waals surface area (Å²) in [5.74, 6) is -1.21. The lowest BCUT2D eigenvalue weighted by molar-refractivity contribution is -0.113. The van der Waals surface area contributed by atoms with E-state index in [9.17, 15) is 9.59 Å². The number of hydrogen-bond acceptors (Lipinski definition) is 4. The minimum atomic E-state index is -1.01. The van der Waals surface area contributed by atoms with Crippen molar-refractivity contribution in [2.24, 2.45) is 0 Å². The molecular formula is C18H13NO3S2. The molecule has 1 heterocycles. The summed E-state index contributed by atoms with van der Waals surface area (Å²) in [6, 6.07) is 14.0. The molecule has 2 aromatic carbocycles. The number of carbonyl (C=O) groups is 2. The zero-order chi connectivity index (χ0) is 17.3. The molecule has 0 atom stereocenters. The number of amides is 1. The molecule has 1 saturated heterocycles. The third kappa shape index (κ3) is 3.25. The average molecular weight is 355 g/mol. The van der Waals surface area contributed by atoms with Gasteiger partial charge in [-0.1, -0.05) is 53.8 Å². The summed E-state index contributed by atoms with van der Waals surface area (Å²) in [6.45, 7) is 2.00. The topological polar surface area (TPSA) is 57.6 Å². The molecular weight excluding hydrogens is 342 g/mol. The lowest BCUT2D eigenvalue weighted by atomic mass is 10.1. The maximum absolute atomic E-state index is 12.6. The highest BCUT2D eigenvalue weighted by Gasteiger charge is 2.33. The number of carboxylic acid groups (broad SMARTS) is 1. The number of thioether (sulfide) groups is 1. The average Bonchev–Trinajstić information content (AvgIpc) is 2.83. The fraction of sp³-hybridized carbons (Fsp3) is 0.0556. The zero-order valence-electron chi connectivity index (χ0n) is 12.7. The summed E-state index contributed by atoms with van der Waals surface area (Å²) in [5, 5.41) is 8.95. The number of benzene rings is 2. The smallest absolute Gasteiger partial charge is 0.335 e. The number of nitrogens with zero attached hydrogens (tertiary/aromatic N) is 1. The molecule has 1 aliphatic rings. The first-order valence-corrected chi connectivity index (χ1v) is 8.36. The number of rotatable bonds is 3. The van der Waals surface area contributed by atoms with Gasteiger partial charge in [-0.2, -0.15) is 0 Å². The van der Waals surface area contributed by atoms with Gasteiger partial charge < -0.3 is 5.11 Å². The molecule has 1 amide bonds. The fourth-order valence-electron chi connectivity index (χ4n) is 2.26. The first kappa shape index (κ1) is 16.4. The van der Waals surface area contributed by atoms with E-state index in [0.29, 0.717) is 14.9 Å². The van der Waals surface area contributed by atoms with E-state index in [0.717, 1.165) is 11.1 Å². The van der Waals surface area contributed by atoms with Crippen LogP contribution < -0.4 is 4.90 Å². The Labute approximate surface area is 148 Å². The van der Waals surface area contributed by atoms with E-state index in [-0.39, 0.29) is 11.5 Å². The highest BCUT2D eigenvalue weighted by atomic mass is 32.2. The van der Waals surface area contributed by atoms with Crippen molar-refractivity contribution in [3.8, 4) is 0 Å². The molecule has 4 nitrogen and oxygen atoms in total. The minimum Gasteiger partial charge on any atom is -0.478 e. The Balaban J connectivity index is 1.88. The normalized spacial score (nSPS) is 16.0. The van der Waals surface area contributed by atoms with E-state index >= 15 is 0 Å². The predicted molar refractivity (Wildman–Crippen MR) is 100 cm³/mol. The number of thiocarbonyl (C=S) groups is 1. The number of carbonyl (C=O) groups excluding carboxylic acids is 1. The number of carboxylic acids is 1. The van der Waals surface area contributed by atoms with Gasteiger partial charge in [0.05, 0.1) is 16.2 Å². The van der Waals surface area contributed by atoms with Crippen LogP contribution >= 0.6 is 24.0 Å². The van der Waals surface area contributed by atoms with Crippen LogP contribution in [0.1, 0.15) is 21.5 Å². The summed E-state index contributed by atoms with van der Waals surface area (Å²) in [7, 11) is 0. The van der Waals surface area contributed by atoms with Crippen LogP contribution in [0.4, 0.5) is 5.69 Å². The maximum atomic E-state index is 12.6. The summed E-state index contributed by atoms with van der Waals surface area (Å²) in [5.41, 5.74) is 2.81. The van der Waals surface area contributed by atoms with Crippen molar-refractivity contribution in [3.63, 3.8) is 0 Å². The van der Waals surface area contributed by atoms with E-state index in [1.165, 1.54) is 28.8 Å². The van der Waals surface area contributed by atoms with E-state index < -0.39 is 5.97 Å². The predicted octanol–water partition coefficient (Wildman–Crippen LogP) is 4.10. The Kier molecular flexibility index (Phi) is 4.51. The molecule has 0 saturated carbocycles. The van der Waals surface area contributed by atoms with Crippen LogP contribution in [0.3, 0.4) is 0 Å². The van der Waals surface area contributed by atoms with Crippen LogP contribution in [0.25, 0.3) is 6.08 Å². The molecule has 1 N–H and O–H groups in total. The number of anilines is 1. The van der Waals surface area contributed by atoms with Gasteiger partial charge in [0.25, 0.3) is 5.91 Å². The highest BCUT2D eigenvalue weighted by molar-refractivity contribution is 8.27. The number of aryl methyl sites for hydroxylation is 1. The van der Waals surface area contributed by atoms with E-state index in [1.807, 2.05) is 37.3 Å². The molecule has 1 fully saturated rings. The van der Waals surface area contributed by atoms with Crippen LogP contribution in [0.15, 0.2) is 53.4 Å². The van der Waals surface area contributed by atoms with Crippen LogP contribution in [0, 0.1) is 6.92 Å². The largest absolute Gasteiger partial charge is 0.478 e. The second-order valence-corrected chi connectivity index (χ2v) is 6.96. The van der Waals surface area contributed by atoms with Gasteiger partial charge in [0, 0.05) is 0 Å². The van der Waals surface area contributed by atoms with Crippen LogP contribution in [0.5, 0.6) is 0 Å². The number of aromatic carboxylic acids is 1. The molecule has 0 spiro atoms. The summed E-state index contributed by atoms with van der Waals surface area (Å²) in [6.07, 6.45) is 1.81. The van der Waals surface area contributed by atoms with E-state index in [1.54, 1.807) is 12.1 Å². The van der Waals surface area contributed by atoms with Crippen molar-refractivity contribution < 1.29 is 14.7 Å². The van der Waals surface area contributed by atoms with E-state index in [2.05, 4.69) is 0 Å². The first-order valence-electron chi connectivity index (χ1n) is 7.14. The molecule has 6 heteroatoms. The Morgan fingerprint density at radius 2 is 1.75 bits per heavy atom. The van der Waals surface area contributed by atoms with Crippen LogP contribution in [0.2, 0.25) is 0 Å². The molecule has 2 aromatic rings. The summed E-state index contributed by atoms with van der Waals surface area (Å²) < 4.78 is 0.432. The van der Waals surface area contributed by atoms with Crippen molar-refractivity contribution in [2.75, 3.05) is 4.90 Å². The molecule has 24 heavy (non-hydrogen) atoms. The monoisotopic (exact) mass is 355 g/mol. The van der Waals surface area contributed by atoms with Crippen LogP contribution in [-0.4, -0.2) is 21.3 Å². The number of hydrogen-bond donors (Lipinski definition) is 1. The summed E-state index contributed by atoms with van der Waals surface area (Å²) in [4.78, 5) is 25.5. The van der Waals surface area contributed by atoms with Crippen molar-refractivity contribution in [3.05, 3.63) is 70.1 Å². The minimum absolute atomic E-state index is 0.166. The van der Waals surface area contributed by atoms with Gasteiger partial charge in [-0.25, -0.2) is 4.79 Å². The Bertz CT molecular complexity index is 855. The molecule has 0 aliphatic carbocycles. The van der Waals surface area contributed by atoms with E-state index in [4.69, 9.17) is 17.3 Å². The van der Waals surface area contributed by atoms with Gasteiger partial charge in [0.15, 0.2) is 4.32 Å². The van der Waals surface area contributed by atoms with Crippen molar-refractivity contribution in [2.45, 2.75) is 6.92 Å². The van der Waals surface area contributed by atoms with Crippen LogP contribution in [-0.2, 0) is 4.79 Å². The molecule has 0 bridgehead atoms.